The minimum absolute atomic E-state index is 0.0401. The van der Waals surface area contributed by atoms with Crippen molar-refractivity contribution in [1.82, 2.24) is 15.6 Å². The summed E-state index contributed by atoms with van der Waals surface area (Å²) in [7, 11) is 0. The van der Waals surface area contributed by atoms with Gasteiger partial charge in [0.15, 0.2) is 0 Å². The zero-order valence-electron chi connectivity index (χ0n) is 17.3. The van der Waals surface area contributed by atoms with Crippen molar-refractivity contribution in [3.63, 3.8) is 0 Å². The highest BCUT2D eigenvalue weighted by molar-refractivity contribution is 6.30. The minimum atomic E-state index is -1.04. The SMILES string of the molecule is CCOC(=O)CNC(=O)C(Cc1cc(=O)[nH]c2ccccc12)NC(=O)c1ccc(Cl)cc1. The highest BCUT2D eigenvalue weighted by Crippen LogP contribution is 2.17. The van der Waals surface area contributed by atoms with E-state index in [9.17, 15) is 19.2 Å². The molecule has 0 bridgehead atoms. The molecule has 0 aliphatic rings. The molecule has 0 spiro atoms. The predicted octanol–water partition coefficient (Wildman–Crippen LogP) is 2.20. The van der Waals surface area contributed by atoms with Crippen molar-refractivity contribution in [1.29, 1.82) is 0 Å². The fourth-order valence-corrected chi connectivity index (χ4v) is 3.34. The molecule has 3 aromatic rings. The molecule has 2 amide bonds. The van der Waals surface area contributed by atoms with Crippen molar-refractivity contribution in [2.45, 2.75) is 19.4 Å². The molecule has 0 aliphatic heterocycles. The summed E-state index contributed by atoms with van der Waals surface area (Å²) in [5.41, 5.74) is 1.18. The molecule has 0 saturated carbocycles. The Labute approximate surface area is 188 Å². The molecule has 3 N–H and O–H groups in total. The van der Waals surface area contributed by atoms with E-state index in [2.05, 4.69) is 15.6 Å². The van der Waals surface area contributed by atoms with Crippen LogP contribution in [0.2, 0.25) is 5.02 Å². The third-order valence-corrected chi connectivity index (χ3v) is 4.95. The van der Waals surface area contributed by atoms with Gasteiger partial charge in [-0.15, -0.1) is 0 Å². The number of aromatic nitrogens is 1. The van der Waals surface area contributed by atoms with Gasteiger partial charge in [-0.25, -0.2) is 0 Å². The third-order valence-electron chi connectivity index (χ3n) is 4.70. The van der Waals surface area contributed by atoms with E-state index < -0.39 is 23.8 Å². The fourth-order valence-electron chi connectivity index (χ4n) is 3.21. The zero-order chi connectivity index (χ0) is 23.1. The number of aromatic amines is 1. The molecule has 9 heteroatoms. The van der Waals surface area contributed by atoms with Crippen LogP contribution in [0.5, 0.6) is 0 Å². The minimum Gasteiger partial charge on any atom is -0.465 e. The Morgan fingerprint density at radius 3 is 2.53 bits per heavy atom. The van der Waals surface area contributed by atoms with E-state index in [0.717, 1.165) is 5.39 Å². The lowest BCUT2D eigenvalue weighted by molar-refractivity contribution is -0.143. The first-order chi connectivity index (χ1) is 15.4. The van der Waals surface area contributed by atoms with Crippen molar-refractivity contribution in [2.24, 2.45) is 0 Å². The number of hydrogen-bond donors (Lipinski definition) is 3. The number of para-hydroxylation sites is 1. The number of esters is 1. The second-order valence-corrected chi connectivity index (χ2v) is 7.40. The van der Waals surface area contributed by atoms with E-state index in [1.165, 1.54) is 18.2 Å². The summed E-state index contributed by atoms with van der Waals surface area (Å²) in [4.78, 5) is 52.1. The van der Waals surface area contributed by atoms with Crippen molar-refractivity contribution < 1.29 is 19.1 Å². The molecule has 0 aliphatic carbocycles. The topological polar surface area (TPSA) is 117 Å². The van der Waals surface area contributed by atoms with Crippen LogP contribution in [0.15, 0.2) is 59.4 Å². The Hall–Kier alpha value is -3.65. The van der Waals surface area contributed by atoms with Gasteiger partial charge in [-0.3, -0.25) is 19.2 Å². The van der Waals surface area contributed by atoms with Crippen LogP contribution in [0.25, 0.3) is 10.9 Å². The number of carbonyl (C=O) groups excluding carboxylic acids is 3. The first-order valence-corrected chi connectivity index (χ1v) is 10.4. The number of nitrogens with one attached hydrogen (secondary N) is 3. The number of H-pyrrole nitrogens is 1. The number of carbonyl (C=O) groups is 3. The Morgan fingerprint density at radius 2 is 1.81 bits per heavy atom. The van der Waals surface area contributed by atoms with Crippen molar-refractivity contribution in [3.8, 4) is 0 Å². The fraction of sp³-hybridized carbons (Fsp3) is 0.217. The average Bonchev–Trinajstić information content (AvgIpc) is 2.77. The maximum absolute atomic E-state index is 12.9. The first-order valence-electron chi connectivity index (χ1n) is 9.98. The van der Waals surface area contributed by atoms with Gasteiger partial charge in [-0.1, -0.05) is 29.8 Å². The van der Waals surface area contributed by atoms with E-state index >= 15 is 0 Å². The molecule has 0 fully saturated rings. The van der Waals surface area contributed by atoms with Gasteiger partial charge in [0.1, 0.15) is 12.6 Å². The number of hydrogen-bond acceptors (Lipinski definition) is 5. The van der Waals surface area contributed by atoms with Crippen LogP contribution >= 0.6 is 11.6 Å². The highest BCUT2D eigenvalue weighted by atomic mass is 35.5. The van der Waals surface area contributed by atoms with Gasteiger partial charge < -0.3 is 20.4 Å². The van der Waals surface area contributed by atoms with Gasteiger partial charge in [-0.2, -0.15) is 0 Å². The Kier molecular flexibility index (Phi) is 7.62. The van der Waals surface area contributed by atoms with E-state index in [4.69, 9.17) is 16.3 Å². The second-order valence-electron chi connectivity index (χ2n) is 6.96. The summed E-state index contributed by atoms with van der Waals surface area (Å²) in [6.45, 7) is 1.51. The standard InChI is InChI=1S/C23H22ClN3O5/c1-2-32-21(29)13-25-23(31)19(27-22(30)14-7-9-16(24)10-8-14)11-15-12-20(28)26-18-6-4-3-5-17(15)18/h3-10,12,19H,2,11,13H2,1H3,(H,25,31)(H,26,28)(H,27,30). The largest absolute Gasteiger partial charge is 0.465 e. The molecule has 32 heavy (non-hydrogen) atoms. The molecule has 0 radical (unpaired) electrons. The lowest BCUT2D eigenvalue weighted by atomic mass is 10.0. The van der Waals surface area contributed by atoms with Gasteiger partial charge in [-0.05, 0) is 42.8 Å². The maximum Gasteiger partial charge on any atom is 0.325 e. The summed E-state index contributed by atoms with van der Waals surface area (Å²) in [6, 6.07) is 13.7. The van der Waals surface area contributed by atoms with Gasteiger partial charge in [0.05, 0.1) is 6.61 Å². The van der Waals surface area contributed by atoms with E-state index in [-0.39, 0.29) is 25.1 Å². The molecule has 0 saturated heterocycles. The van der Waals surface area contributed by atoms with Crippen LogP contribution in [0, 0.1) is 0 Å². The van der Waals surface area contributed by atoms with E-state index in [1.807, 2.05) is 12.1 Å². The van der Waals surface area contributed by atoms with E-state index in [0.29, 0.717) is 21.7 Å². The number of fused-ring (bicyclic) bond motifs is 1. The number of amides is 2. The van der Waals surface area contributed by atoms with Crippen LogP contribution in [-0.4, -0.2) is 42.0 Å². The lowest BCUT2D eigenvalue weighted by Gasteiger charge is -2.19. The first kappa shape index (κ1) is 23.0. The van der Waals surface area contributed by atoms with Crippen LogP contribution in [0.4, 0.5) is 0 Å². The van der Waals surface area contributed by atoms with Crippen molar-refractivity contribution in [3.05, 3.63) is 81.1 Å². The van der Waals surface area contributed by atoms with E-state index in [1.54, 1.807) is 31.2 Å². The highest BCUT2D eigenvalue weighted by Gasteiger charge is 2.24. The molecule has 1 unspecified atom stereocenters. The number of ether oxygens (including phenoxy) is 1. The van der Waals surface area contributed by atoms with Gasteiger partial charge in [0.25, 0.3) is 5.91 Å². The Morgan fingerprint density at radius 1 is 1.09 bits per heavy atom. The van der Waals surface area contributed by atoms with Crippen molar-refractivity contribution in [2.75, 3.05) is 13.2 Å². The third kappa shape index (κ3) is 5.95. The van der Waals surface area contributed by atoms with Crippen LogP contribution in [0.1, 0.15) is 22.8 Å². The molecule has 3 rings (SSSR count). The summed E-state index contributed by atoms with van der Waals surface area (Å²) in [5.74, 6) is -1.66. The maximum atomic E-state index is 12.9. The van der Waals surface area contributed by atoms with Crippen LogP contribution in [0.3, 0.4) is 0 Å². The normalized spacial score (nSPS) is 11.6. The summed E-state index contributed by atoms with van der Waals surface area (Å²) in [5, 5.41) is 6.38. The number of rotatable bonds is 8. The Balaban J connectivity index is 1.87. The lowest BCUT2D eigenvalue weighted by Crippen LogP contribution is -2.49. The van der Waals surface area contributed by atoms with Gasteiger partial charge in [0.2, 0.25) is 11.5 Å². The molecule has 1 aromatic heterocycles. The number of pyridine rings is 1. The Bertz CT molecular complexity index is 1190. The molecule has 2 aromatic carbocycles. The number of halogens is 1. The van der Waals surface area contributed by atoms with Gasteiger partial charge in [0, 0.05) is 34.0 Å². The summed E-state index contributed by atoms with van der Waals surface area (Å²) < 4.78 is 4.83. The quantitative estimate of drug-likeness (QED) is 0.450. The predicted molar refractivity (Wildman–Crippen MR) is 121 cm³/mol. The van der Waals surface area contributed by atoms with Crippen molar-refractivity contribution >= 4 is 40.3 Å². The molecule has 8 nitrogen and oxygen atoms in total. The zero-order valence-corrected chi connectivity index (χ0v) is 18.1. The number of benzene rings is 2. The average molecular weight is 456 g/mol. The molecule has 1 heterocycles. The monoisotopic (exact) mass is 455 g/mol. The molecule has 1 atom stereocenters. The smallest absolute Gasteiger partial charge is 0.325 e. The van der Waals surface area contributed by atoms with Crippen LogP contribution in [-0.2, 0) is 20.7 Å². The summed E-state index contributed by atoms with van der Waals surface area (Å²) in [6.07, 6.45) is 0.0401. The molecular formula is C23H22ClN3O5. The molecule has 166 valence electrons. The van der Waals surface area contributed by atoms with Crippen LogP contribution < -0.4 is 16.2 Å². The molecular weight excluding hydrogens is 434 g/mol. The second kappa shape index (κ2) is 10.6. The summed E-state index contributed by atoms with van der Waals surface area (Å²) >= 11 is 5.87. The van der Waals surface area contributed by atoms with Gasteiger partial charge >= 0.3 is 5.97 Å².